The Bertz CT molecular complexity index is 1330. The summed E-state index contributed by atoms with van der Waals surface area (Å²) in [7, 11) is 0. The van der Waals surface area contributed by atoms with Crippen molar-refractivity contribution in [2.75, 3.05) is 26.2 Å². The van der Waals surface area contributed by atoms with Crippen LogP contribution in [0.1, 0.15) is 11.8 Å². The van der Waals surface area contributed by atoms with Crippen LogP contribution in [0.5, 0.6) is 0 Å². The number of fused-ring (bicyclic) bond motifs is 3. The summed E-state index contributed by atoms with van der Waals surface area (Å²) in [5.74, 6) is 0. The van der Waals surface area contributed by atoms with Crippen LogP contribution in [-0.2, 0) is 0 Å². The molecule has 1 fully saturated rings. The fourth-order valence-electron chi connectivity index (χ4n) is 3.92. The number of pyridine rings is 1. The van der Waals surface area contributed by atoms with Crippen molar-refractivity contribution < 1.29 is 9.90 Å². The fraction of sp³-hybridized carbons (Fsp3) is 0.227. The topological polar surface area (TPSA) is 99.0 Å². The van der Waals surface area contributed by atoms with Crippen LogP contribution in [0.25, 0.3) is 27.3 Å². The standard InChI is InChI=1S/C22H21N5O3/c28-20(23-7-10-26-11-8-24-22(26)30)16-6-3-9-27-19(16)25-18-13-15-5-2-1-4-14(15)12-17(18)21(27)29/h1-6,9,12-13,20,23,28H,7-8,10-11H2,(H,24,30). The monoisotopic (exact) mass is 403 g/mol. The molecule has 1 aliphatic heterocycles. The number of hydrogen-bond donors (Lipinski definition) is 3. The van der Waals surface area contributed by atoms with Gasteiger partial charge >= 0.3 is 6.03 Å². The van der Waals surface area contributed by atoms with Gasteiger partial charge in [-0.05, 0) is 35.0 Å². The molecule has 0 spiro atoms. The summed E-state index contributed by atoms with van der Waals surface area (Å²) >= 11 is 0. The summed E-state index contributed by atoms with van der Waals surface area (Å²) in [6, 6.07) is 15.0. The number of hydrogen-bond acceptors (Lipinski definition) is 5. The SMILES string of the molecule is O=C1NCCN1CCNC(O)c1cccn2c(=O)c3cc4ccccc4cc3nc12. The van der Waals surface area contributed by atoms with E-state index in [1.54, 1.807) is 23.2 Å². The molecule has 8 nitrogen and oxygen atoms in total. The average molecular weight is 403 g/mol. The maximum Gasteiger partial charge on any atom is 0.317 e. The Balaban J connectivity index is 1.51. The van der Waals surface area contributed by atoms with Gasteiger partial charge in [-0.3, -0.25) is 14.5 Å². The van der Waals surface area contributed by atoms with Crippen LogP contribution >= 0.6 is 0 Å². The van der Waals surface area contributed by atoms with Crippen molar-refractivity contribution in [3.63, 3.8) is 0 Å². The average Bonchev–Trinajstić information content (AvgIpc) is 3.17. The Kier molecular flexibility index (Phi) is 4.57. The van der Waals surface area contributed by atoms with Crippen LogP contribution < -0.4 is 16.2 Å². The molecular formula is C22H21N5O3. The van der Waals surface area contributed by atoms with E-state index >= 15 is 0 Å². The zero-order valence-corrected chi connectivity index (χ0v) is 16.2. The molecule has 1 atom stereocenters. The molecule has 0 saturated carbocycles. The fourth-order valence-corrected chi connectivity index (χ4v) is 3.92. The van der Waals surface area contributed by atoms with Crippen molar-refractivity contribution in [1.29, 1.82) is 0 Å². The van der Waals surface area contributed by atoms with Crippen molar-refractivity contribution in [1.82, 2.24) is 24.9 Å². The molecule has 8 heteroatoms. The highest BCUT2D eigenvalue weighted by atomic mass is 16.3. The van der Waals surface area contributed by atoms with Crippen LogP contribution in [0.2, 0.25) is 0 Å². The van der Waals surface area contributed by atoms with Crippen molar-refractivity contribution in [2.24, 2.45) is 0 Å². The van der Waals surface area contributed by atoms with Crippen LogP contribution in [0, 0.1) is 0 Å². The summed E-state index contributed by atoms with van der Waals surface area (Å²) in [6.45, 7) is 2.19. The lowest BCUT2D eigenvalue weighted by atomic mass is 10.1. The largest absolute Gasteiger partial charge is 0.374 e. The summed E-state index contributed by atoms with van der Waals surface area (Å²) in [5.41, 5.74) is 1.33. The van der Waals surface area contributed by atoms with Gasteiger partial charge in [0.2, 0.25) is 0 Å². The molecule has 2 amide bonds. The first-order valence-corrected chi connectivity index (χ1v) is 9.90. The molecule has 2 aromatic carbocycles. The highest BCUT2D eigenvalue weighted by molar-refractivity contribution is 5.96. The molecule has 152 valence electrons. The van der Waals surface area contributed by atoms with Crippen molar-refractivity contribution in [3.8, 4) is 0 Å². The molecule has 3 N–H and O–H groups in total. The lowest BCUT2D eigenvalue weighted by Gasteiger charge is -2.18. The number of carbonyl (C=O) groups excluding carboxylic acids is 1. The van der Waals surface area contributed by atoms with Crippen molar-refractivity contribution in [3.05, 3.63) is 70.6 Å². The van der Waals surface area contributed by atoms with E-state index in [2.05, 4.69) is 10.6 Å². The third-order valence-electron chi connectivity index (χ3n) is 5.50. The van der Waals surface area contributed by atoms with Crippen LogP contribution in [0.3, 0.4) is 0 Å². The van der Waals surface area contributed by atoms with E-state index in [-0.39, 0.29) is 11.6 Å². The first-order chi connectivity index (χ1) is 14.6. The van der Waals surface area contributed by atoms with E-state index < -0.39 is 6.23 Å². The van der Waals surface area contributed by atoms with E-state index in [1.165, 1.54) is 4.40 Å². The Hall–Kier alpha value is -3.49. The van der Waals surface area contributed by atoms with Crippen molar-refractivity contribution >= 4 is 33.4 Å². The molecule has 30 heavy (non-hydrogen) atoms. The van der Waals surface area contributed by atoms with Gasteiger partial charge in [0.1, 0.15) is 11.9 Å². The van der Waals surface area contributed by atoms with Gasteiger partial charge < -0.3 is 15.3 Å². The summed E-state index contributed by atoms with van der Waals surface area (Å²) < 4.78 is 1.46. The molecule has 2 aromatic heterocycles. The molecular weight excluding hydrogens is 382 g/mol. The lowest BCUT2D eigenvalue weighted by Crippen LogP contribution is -2.36. The number of aliphatic hydroxyl groups is 1. The summed E-state index contributed by atoms with van der Waals surface area (Å²) in [6.07, 6.45) is 0.640. The number of aliphatic hydroxyl groups excluding tert-OH is 1. The summed E-state index contributed by atoms with van der Waals surface area (Å²) in [4.78, 5) is 31.1. The van der Waals surface area contributed by atoms with E-state index in [4.69, 9.17) is 4.98 Å². The van der Waals surface area contributed by atoms with E-state index in [9.17, 15) is 14.7 Å². The van der Waals surface area contributed by atoms with Gasteiger partial charge in [0.05, 0.1) is 10.9 Å². The third-order valence-corrected chi connectivity index (χ3v) is 5.50. The Morgan fingerprint density at radius 2 is 1.93 bits per heavy atom. The number of amides is 2. The molecule has 0 radical (unpaired) electrons. The second-order valence-electron chi connectivity index (χ2n) is 7.37. The quantitative estimate of drug-likeness (QED) is 0.347. The van der Waals surface area contributed by atoms with Gasteiger partial charge in [-0.25, -0.2) is 9.78 Å². The number of aromatic nitrogens is 2. The maximum atomic E-state index is 13.1. The Morgan fingerprint density at radius 1 is 1.13 bits per heavy atom. The smallest absolute Gasteiger partial charge is 0.317 e. The molecule has 1 saturated heterocycles. The highest BCUT2D eigenvalue weighted by Crippen LogP contribution is 2.22. The van der Waals surface area contributed by atoms with Gasteiger partial charge in [-0.15, -0.1) is 0 Å². The maximum absolute atomic E-state index is 13.1. The second-order valence-corrected chi connectivity index (χ2v) is 7.37. The van der Waals surface area contributed by atoms with Crippen LogP contribution in [0.15, 0.2) is 59.5 Å². The molecule has 4 aromatic rings. The van der Waals surface area contributed by atoms with Gasteiger partial charge in [-0.1, -0.05) is 24.3 Å². The first kappa shape index (κ1) is 18.5. The van der Waals surface area contributed by atoms with Gasteiger partial charge in [0.15, 0.2) is 0 Å². The molecule has 1 aliphatic rings. The van der Waals surface area contributed by atoms with E-state index in [1.807, 2.05) is 36.4 Å². The third kappa shape index (κ3) is 3.16. The molecule has 0 bridgehead atoms. The van der Waals surface area contributed by atoms with Gasteiger partial charge in [-0.2, -0.15) is 0 Å². The van der Waals surface area contributed by atoms with Crippen LogP contribution in [-0.4, -0.2) is 51.6 Å². The van der Waals surface area contributed by atoms with Gasteiger partial charge in [0.25, 0.3) is 5.56 Å². The predicted octanol–water partition coefficient (Wildman–Crippen LogP) is 1.61. The number of rotatable bonds is 5. The molecule has 5 rings (SSSR count). The number of nitrogens with zero attached hydrogens (tertiary/aromatic N) is 3. The van der Waals surface area contributed by atoms with Crippen molar-refractivity contribution in [2.45, 2.75) is 6.23 Å². The second kappa shape index (κ2) is 7.40. The molecule has 3 heterocycles. The van der Waals surface area contributed by atoms with Crippen LogP contribution in [0.4, 0.5) is 4.79 Å². The normalized spacial score (nSPS) is 15.2. The number of carbonyl (C=O) groups is 1. The molecule has 1 unspecified atom stereocenters. The summed E-state index contributed by atoms with van der Waals surface area (Å²) in [5, 5.41) is 19.0. The minimum atomic E-state index is -1.02. The lowest BCUT2D eigenvalue weighted by molar-refractivity contribution is 0.136. The predicted molar refractivity (Wildman–Crippen MR) is 114 cm³/mol. The number of nitrogens with one attached hydrogen (secondary N) is 2. The Labute approximate surface area is 171 Å². The number of urea groups is 1. The Morgan fingerprint density at radius 3 is 2.70 bits per heavy atom. The zero-order valence-electron chi connectivity index (χ0n) is 16.2. The minimum Gasteiger partial charge on any atom is -0.374 e. The first-order valence-electron chi connectivity index (χ1n) is 9.90. The number of benzene rings is 2. The minimum absolute atomic E-state index is 0.0941. The zero-order chi connectivity index (χ0) is 20.7. The van der Waals surface area contributed by atoms with Gasteiger partial charge in [0, 0.05) is 37.9 Å². The van der Waals surface area contributed by atoms with E-state index in [0.717, 1.165) is 10.8 Å². The highest BCUT2D eigenvalue weighted by Gasteiger charge is 2.20. The van der Waals surface area contributed by atoms with E-state index in [0.29, 0.717) is 48.3 Å². The molecule has 0 aliphatic carbocycles.